The van der Waals surface area contributed by atoms with E-state index in [1.54, 1.807) is 0 Å². The first-order chi connectivity index (χ1) is 10.6. The molecule has 0 radical (unpaired) electrons. The number of esters is 2. The monoisotopic (exact) mass is 308 g/mol. The van der Waals surface area contributed by atoms with E-state index in [4.69, 9.17) is 19.7 Å². The van der Waals surface area contributed by atoms with Crippen LogP contribution in [0.4, 0.5) is 0 Å². The smallest absolute Gasteiger partial charge is 0.339 e. The molecule has 7 nitrogen and oxygen atoms in total. The first kappa shape index (κ1) is 17.4. The lowest BCUT2D eigenvalue weighted by Gasteiger charge is -2.07. The van der Waals surface area contributed by atoms with E-state index in [0.717, 1.165) is 6.08 Å². The molecule has 0 atom stereocenters. The van der Waals surface area contributed by atoms with Crippen LogP contribution in [0.1, 0.15) is 27.1 Å². The van der Waals surface area contributed by atoms with Crippen molar-refractivity contribution < 1.29 is 34.1 Å². The maximum absolute atomic E-state index is 11.8. The second-order valence-corrected chi connectivity index (χ2v) is 4.07. The number of carbonyl (C=O) groups is 3. The van der Waals surface area contributed by atoms with Crippen molar-refractivity contribution in [3.05, 3.63) is 47.5 Å². The summed E-state index contributed by atoms with van der Waals surface area (Å²) in [6, 6.07) is 5.66. The van der Waals surface area contributed by atoms with Gasteiger partial charge in [0.05, 0.1) is 11.1 Å². The molecule has 0 aliphatic carbocycles. The minimum Gasteiger partial charge on any atom is -0.478 e. The second kappa shape index (κ2) is 9.30. The van der Waals surface area contributed by atoms with E-state index >= 15 is 0 Å². The number of aliphatic hydroxyl groups is 1. The third kappa shape index (κ3) is 5.76. The van der Waals surface area contributed by atoms with Crippen LogP contribution < -0.4 is 0 Å². The van der Waals surface area contributed by atoms with E-state index in [2.05, 4.69) is 0 Å². The highest BCUT2D eigenvalue weighted by atomic mass is 16.6. The van der Waals surface area contributed by atoms with E-state index in [-0.39, 0.29) is 30.9 Å². The number of aromatic carboxylic acids is 1. The van der Waals surface area contributed by atoms with Crippen LogP contribution in [0.3, 0.4) is 0 Å². The first-order valence-electron chi connectivity index (χ1n) is 6.50. The summed E-state index contributed by atoms with van der Waals surface area (Å²) in [7, 11) is 0. The summed E-state index contributed by atoms with van der Waals surface area (Å²) >= 11 is 0. The topological polar surface area (TPSA) is 110 Å². The average Bonchev–Trinajstić information content (AvgIpc) is 2.51. The summed E-state index contributed by atoms with van der Waals surface area (Å²) in [5.41, 5.74) is -0.222. The van der Waals surface area contributed by atoms with Crippen molar-refractivity contribution in [2.75, 3.05) is 19.8 Å². The van der Waals surface area contributed by atoms with Crippen LogP contribution in [0.2, 0.25) is 0 Å². The van der Waals surface area contributed by atoms with Gasteiger partial charge in [0.2, 0.25) is 0 Å². The van der Waals surface area contributed by atoms with Crippen molar-refractivity contribution in [2.45, 2.75) is 6.42 Å². The Morgan fingerprint density at radius 2 is 1.68 bits per heavy atom. The quantitative estimate of drug-likeness (QED) is 0.419. The van der Waals surface area contributed by atoms with Crippen molar-refractivity contribution in [2.24, 2.45) is 0 Å². The Labute approximate surface area is 126 Å². The second-order valence-electron chi connectivity index (χ2n) is 4.07. The zero-order chi connectivity index (χ0) is 16.4. The zero-order valence-electron chi connectivity index (χ0n) is 11.7. The molecule has 0 heterocycles. The van der Waals surface area contributed by atoms with Crippen LogP contribution in [0.25, 0.3) is 0 Å². The summed E-state index contributed by atoms with van der Waals surface area (Å²) in [6.45, 7) is -0.403. The Bertz CT molecular complexity index is 563. The SMILES string of the molecule is O=C(C=CCCO)OCCOC(=O)c1ccccc1C(=O)O. The Kier molecular flexibility index (Phi) is 7.35. The average molecular weight is 308 g/mol. The van der Waals surface area contributed by atoms with Crippen LogP contribution in [-0.4, -0.2) is 47.9 Å². The molecule has 0 fully saturated rings. The number of hydrogen-bond acceptors (Lipinski definition) is 6. The predicted octanol–water partition coefficient (Wildman–Crippen LogP) is 1.02. The zero-order valence-corrected chi connectivity index (χ0v) is 11.7. The van der Waals surface area contributed by atoms with Gasteiger partial charge >= 0.3 is 17.9 Å². The van der Waals surface area contributed by atoms with Crippen LogP contribution in [0, 0.1) is 0 Å². The first-order valence-corrected chi connectivity index (χ1v) is 6.50. The molecule has 0 spiro atoms. The van der Waals surface area contributed by atoms with Crippen LogP contribution in [0.15, 0.2) is 36.4 Å². The molecule has 0 bridgehead atoms. The van der Waals surface area contributed by atoms with E-state index in [1.807, 2.05) is 0 Å². The van der Waals surface area contributed by atoms with Crippen LogP contribution in [-0.2, 0) is 14.3 Å². The summed E-state index contributed by atoms with van der Waals surface area (Å²) in [6.07, 6.45) is 2.96. The lowest BCUT2D eigenvalue weighted by molar-refractivity contribution is -0.138. The van der Waals surface area contributed by atoms with Gasteiger partial charge in [-0.25, -0.2) is 14.4 Å². The highest BCUT2D eigenvalue weighted by molar-refractivity contribution is 6.02. The largest absolute Gasteiger partial charge is 0.478 e. The molecule has 2 N–H and O–H groups in total. The molecule has 0 saturated heterocycles. The van der Waals surface area contributed by atoms with Crippen molar-refractivity contribution in [1.29, 1.82) is 0 Å². The molecule has 1 aromatic rings. The molecule has 7 heteroatoms. The summed E-state index contributed by atoms with van der Waals surface area (Å²) in [5, 5.41) is 17.5. The normalized spacial score (nSPS) is 10.4. The van der Waals surface area contributed by atoms with Crippen molar-refractivity contribution in [3.8, 4) is 0 Å². The number of carbonyl (C=O) groups excluding carboxylic acids is 2. The summed E-state index contributed by atoms with van der Waals surface area (Å²) < 4.78 is 9.60. The maximum Gasteiger partial charge on any atom is 0.339 e. The highest BCUT2D eigenvalue weighted by Gasteiger charge is 2.16. The van der Waals surface area contributed by atoms with Crippen LogP contribution >= 0.6 is 0 Å². The van der Waals surface area contributed by atoms with Crippen molar-refractivity contribution in [3.63, 3.8) is 0 Å². The lowest BCUT2D eigenvalue weighted by Crippen LogP contribution is -2.15. The van der Waals surface area contributed by atoms with Gasteiger partial charge in [-0.1, -0.05) is 18.2 Å². The van der Waals surface area contributed by atoms with Gasteiger partial charge in [0.1, 0.15) is 13.2 Å². The number of ether oxygens (including phenoxy) is 2. The molecule has 22 heavy (non-hydrogen) atoms. The summed E-state index contributed by atoms with van der Waals surface area (Å²) in [5.74, 6) is -2.65. The minimum atomic E-state index is -1.23. The van der Waals surface area contributed by atoms with E-state index in [1.165, 1.54) is 30.3 Å². The van der Waals surface area contributed by atoms with Gasteiger partial charge in [0.25, 0.3) is 0 Å². The molecule has 0 saturated carbocycles. The van der Waals surface area contributed by atoms with Gasteiger partial charge in [0.15, 0.2) is 0 Å². The number of carboxylic acids is 1. The van der Waals surface area contributed by atoms with Gasteiger partial charge in [-0.2, -0.15) is 0 Å². The fourth-order valence-corrected chi connectivity index (χ4v) is 1.50. The number of carboxylic acid groups (broad SMARTS) is 1. The standard InChI is InChI=1S/C15H16O7/c16-8-4-3-7-13(17)21-9-10-22-15(20)12-6-2-1-5-11(12)14(18)19/h1-3,5-7,16H,4,8-10H2,(H,18,19). The van der Waals surface area contributed by atoms with Gasteiger partial charge in [-0.3, -0.25) is 0 Å². The van der Waals surface area contributed by atoms with Gasteiger partial charge < -0.3 is 19.7 Å². The molecule has 0 aromatic heterocycles. The number of benzene rings is 1. The Morgan fingerprint density at radius 1 is 1.05 bits per heavy atom. The lowest BCUT2D eigenvalue weighted by atomic mass is 10.1. The van der Waals surface area contributed by atoms with Gasteiger partial charge in [-0.05, 0) is 18.6 Å². The summed E-state index contributed by atoms with van der Waals surface area (Å²) in [4.78, 5) is 33.9. The fourth-order valence-electron chi connectivity index (χ4n) is 1.50. The molecule has 1 aromatic carbocycles. The number of hydrogen-bond donors (Lipinski definition) is 2. The Morgan fingerprint density at radius 3 is 2.32 bits per heavy atom. The molecule has 0 aliphatic rings. The van der Waals surface area contributed by atoms with Gasteiger partial charge in [-0.15, -0.1) is 0 Å². The van der Waals surface area contributed by atoms with Crippen molar-refractivity contribution in [1.82, 2.24) is 0 Å². The highest BCUT2D eigenvalue weighted by Crippen LogP contribution is 2.10. The molecular weight excluding hydrogens is 292 g/mol. The number of aliphatic hydroxyl groups excluding tert-OH is 1. The fraction of sp³-hybridized carbons (Fsp3) is 0.267. The maximum atomic E-state index is 11.8. The number of rotatable bonds is 8. The third-order valence-corrected chi connectivity index (χ3v) is 2.49. The molecule has 0 unspecified atom stereocenters. The molecule has 1 rings (SSSR count). The van der Waals surface area contributed by atoms with E-state index < -0.39 is 17.9 Å². The molecular formula is C15H16O7. The molecule has 0 aliphatic heterocycles. The van der Waals surface area contributed by atoms with Crippen molar-refractivity contribution >= 4 is 17.9 Å². The van der Waals surface area contributed by atoms with Crippen LogP contribution in [0.5, 0.6) is 0 Å². The molecule has 0 amide bonds. The Balaban J connectivity index is 2.41. The minimum absolute atomic E-state index is 0.0651. The Hall–Kier alpha value is -2.67. The van der Waals surface area contributed by atoms with E-state index in [0.29, 0.717) is 6.42 Å². The predicted molar refractivity (Wildman–Crippen MR) is 75.5 cm³/mol. The molecule has 118 valence electrons. The third-order valence-electron chi connectivity index (χ3n) is 2.49. The van der Waals surface area contributed by atoms with Gasteiger partial charge in [0, 0.05) is 12.7 Å². The van der Waals surface area contributed by atoms with E-state index in [9.17, 15) is 14.4 Å².